The Hall–Kier alpha value is -1.85. The van der Waals surface area contributed by atoms with E-state index in [1.165, 1.54) is 0 Å². The predicted octanol–water partition coefficient (Wildman–Crippen LogP) is 4.14. The Bertz CT molecular complexity index is 825. The summed E-state index contributed by atoms with van der Waals surface area (Å²) >= 11 is 11.3. The first kappa shape index (κ1) is 13.1. The van der Waals surface area contributed by atoms with Gasteiger partial charge in [-0.15, -0.1) is 0 Å². The summed E-state index contributed by atoms with van der Waals surface area (Å²) in [7, 11) is 0. The smallest absolute Gasteiger partial charge is 0.184 e. The lowest BCUT2D eigenvalue weighted by Gasteiger charge is -2.10. The van der Waals surface area contributed by atoms with Gasteiger partial charge in [-0.25, -0.2) is 4.98 Å². The summed E-state index contributed by atoms with van der Waals surface area (Å²) in [6.07, 6.45) is 1.60. The summed E-state index contributed by atoms with van der Waals surface area (Å²) in [5.41, 5.74) is 2.39. The van der Waals surface area contributed by atoms with Gasteiger partial charge in [-0.2, -0.15) is 0 Å². The molecule has 102 valence electrons. The maximum absolute atomic E-state index is 5.96. The van der Waals surface area contributed by atoms with Crippen molar-refractivity contribution in [2.24, 2.45) is 0 Å². The van der Waals surface area contributed by atoms with Crippen LogP contribution in [0.2, 0.25) is 5.02 Å². The maximum atomic E-state index is 5.96. The van der Waals surface area contributed by atoms with E-state index in [1.807, 2.05) is 35.8 Å². The summed E-state index contributed by atoms with van der Waals surface area (Å²) < 4.78 is 8.06. The molecule has 0 saturated heterocycles. The Labute approximate surface area is 126 Å². The summed E-state index contributed by atoms with van der Waals surface area (Å²) in [5, 5.41) is 0.569. The number of halogens is 1. The molecule has 2 heterocycles. The van der Waals surface area contributed by atoms with Crippen molar-refractivity contribution < 1.29 is 4.74 Å². The van der Waals surface area contributed by atoms with Gasteiger partial charge >= 0.3 is 0 Å². The molecule has 0 spiro atoms. The van der Waals surface area contributed by atoms with E-state index in [0.29, 0.717) is 16.4 Å². The van der Waals surface area contributed by atoms with Crippen LogP contribution >= 0.6 is 23.8 Å². The van der Waals surface area contributed by atoms with Gasteiger partial charge in [-0.05, 0) is 37.3 Å². The summed E-state index contributed by atoms with van der Waals surface area (Å²) in [6.45, 7) is 2.54. The zero-order chi connectivity index (χ0) is 14.1. The first-order chi connectivity index (χ1) is 9.70. The summed E-state index contributed by atoms with van der Waals surface area (Å²) in [5.74, 6) is 0.767. The number of hydrogen-bond donors (Lipinski definition) is 1. The Morgan fingerprint density at radius 1 is 1.40 bits per heavy atom. The predicted molar refractivity (Wildman–Crippen MR) is 82.4 cm³/mol. The van der Waals surface area contributed by atoms with E-state index in [1.54, 1.807) is 12.3 Å². The molecule has 0 radical (unpaired) electrons. The van der Waals surface area contributed by atoms with Crippen LogP contribution < -0.4 is 4.74 Å². The van der Waals surface area contributed by atoms with Gasteiger partial charge in [0, 0.05) is 6.20 Å². The van der Waals surface area contributed by atoms with Crippen molar-refractivity contribution >= 4 is 35.0 Å². The zero-order valence-corrected chi connectivity index (χ0v) is 12.3. The van der Waals surface area contributed by atoms with Crippen molar-refractivity contribution in [2.75, 3.05) is 6.61 Å². The number of nitrogens with zero attached hydrogens (tertiary/aromatic N) is 2. The highest BCUT2D eigenvalue weighted by atomic mass is 35.5. The van der Waals surface area contributed by atoms with Gasteiger partial charge in [0.1, 0.15) is 5.75 Å². The van der Waals surface area contributed by atoms with Crippen molar-refractivity contribution in [2.45, 2.75) is 6.92 Å². The number of H-pyrrole nitrogens is 1. The van der Waals surface area contributed by atoms with E-state index in [-0.39, 0.29) is 0 Å². The SMILES string of the molecule is CCOc1ccccc1-n1c(=S)[nH]c2cc(Cl)cnc21. The normalized spacial score (nSPS) is 10.9. The molecule has 3 aromatic rings. The van der Waals surface area contributed by atoms with Crippen LogP contribution in [-0.4, -0.2) is 21.1 Å². The number of pyridine rings is 1. The van der Waals surface area contributed by atoms with Crippen LogP contribution in [0.5, 0.6) is 5.75 Å². The van der Waals surface area contributed by atoms with Crippen LogP contribution in [0.15, 0.2) is 36.5 Å². The highest BCUT2D eigenvalue weighted by Crippen LogP contribution is 2.27. The summed E-state index contributed by atoms with van der Waals surface area (Å²) in [4.78, 5) is 7.47. The van der Waals surface area contributed by atoms with Gasteiger partial charge in [0.05, 0.1) is 22.8 Å². The van der Waals surface area contributed by atoms with E-state index in [9.17, 15) is 0 Å². The lowest BCUT2D eigenvalue weighted by molar-refractivity contribution is 0.339. The third kappa shape index (κ3) is 2.19. The number of para-hydroxylation sites is 2. The number of aromatic nitrogens is 3. The van der Waals surface area contributed by atoms with Crippen LogP contribution in [0.1, 0.15) is 6.92 Å². The third-order valence-corrected chi connectivity index (χ3v) is 3.39. The highest BCUT2D eigenvalue weighted by Gasteiger charge is 2.12. The number of benzene rings is 1. The van der Waals surface area contributed by atoms with Crippen molar-refractivity contribution in [3.8, 4) is 11.4 Å². The number of ether oxygens (including phenoxy) is 1. The van der Waals surface area contributed by atoms with Gasteiger partial charge in [0.25, 0.3) is 0 Å². The average molecular weight is 306 g/mol. The average Bonchev–Trinajstić information content (AvgIpc) is 2.75. The van der Waals surface area contributed by atoms with Gasteiger partial charge in [0.2, 0.25) is 0 Å². The first-order valence-electron chi connectivity index (χ1n) is 6.19. The molecule has 4 nitrogen and oxygen atoms in total. The standard InChI is InChI=1S/C14H12ClN3OS/c1-2-19-12-6-4-3-5-11(12)18-13-10(17-14(18)20)7-9(15)8-16-13/h3-8H,2H2,1H3,(H,17,20). The molecule has 0 saturated carbocycles. The third-order valence-electron chi connectivity index (χ3n) is 2.90. The minimum Gasteiger partial charge on any atom is -0.492 e. The van der Waals surface area contributed by atoms with Crippen molar-refractivity contribution in [1.82, 2.24) is 14.5 Å². The summed E-state index contributed by atoms with van der Waals surface area (Å²) in [6, 6.07) is 9.53. The van der Waals surface area contributed by atoms with Crippen molar-refractivity contribution in [1.29, 1.82) is 0 Å². The number of hydrogen-bond acceptors (Lipinski definition) is 3. The Kier molecular flexibility index (Phi) is 3.46. The van der Waals surface area contributed by atoms with Crippen LogP contribution in [0.25, 0.3) is 16.9 Å². The molecule has 0 aliphatic rings. The molecular weight excluding hydrogens is 294 g/mol. The molecule has 3 rings (SSSR count). The molecule has 0 bridgehead atoms. The van der Waals surface area contributed by atoms with Gasteiger partial charge < -0.3 is 9.72 Å². The number of imidazole rings is 1. The topological polar surface area (TPSA) is 42.8 Å². The van der Waals surface area contributed by atoms with Crippen LogP contribution in [0.3, 0.4) is 0 Å². The van der Waals surface area contributed by atoms with E-state index in [4.69, 9.17) is 28.6 Å². The van der Waals surface area contributed by atoms with Crippen LogP contribution in [0, 0.1) is 4.77 Å². The fourth-order valence-electron chi connectivity index (χ4n) is 2.11. The van der Waals surface area contributed by atoms with Crippen molar-refractivity contribution in [3.05, 3.63) is 46.3 Å². The zero-order valence-electron chi connectivity index (χ0n) is 10.8. The fourth-order valence-corrected chi connectivity index (χ4v) is 2.57. The largest absolute Gasteiger partial charge is 0.492 e. The molecule has 0 fully saturated rings. The molecule has 2 aromatic heterocycles. The van der Waals surface area contributed by atoms with Gasteiger partial charge in [-0.1, -0.05) is 23.7 Å². The second-order valence-electron chi connectivity index (χ2n) is 4.19. The minimum atomic E-state index is 0.557. The van der Waals surface area contributed by atoms with Crippen LogP contribution in [-0.2, 0) is 0 Å². The molecule has 0 atom stereocenters. The van der Waals surface area contributed by atoms with E-state index >= 15 is 0 Å². The Balaban J connectivity index is 2.30. The van der Waals surface area contributed by atoms with Gasteiger partial charge in [-0.3, -0.25) is 4.57 Å². The second kappa shape index (κ2) is 5.26. The molecule has 6 heteroatoms. The minimum absolute atomic E-state index is 0.557. The lowest BCUT2D eigenvalue weighted by Crippen LogP contribution is -2.01. The van der Waals surface area contributed by atoms with E-state index in [0.717, 1.165) is 22.6 Å². The lowest BCUT2D eigenvalue weighted by atomic mass is 10.3. The van der Waals surface area contributed by atoms with Crippen molar-refractivity contribution in [3.63, 3.8) is 0 Å². The molecule has 0 unspecified atom stereocenters. The fraction of sp³-hybridized carbons (Fsp3) is 0.143. The quantitative estimate of drug-likeness (QED) is 0.740. The number of aromatic amines is 1. The highest BCUT2D eigenvalue weighted by molar-refractivity contribution is 7.71. The molecular formula is C14H12ClN3OS. The molecule has 0 aliphatic heterocycles. The first-order valence-corrected chi connectivity index (χ1v) is 6.98. The number of rotatable bonds is 3. The Morgan fingerprint density at radius 3 is 3.00 bits per heavy atom. The second-order valence-corrected chi connectivity index (χ2v) is 5.01. The molecule has 0 aliphatic carbocycles. The Morgan fingerprint density at radius 2 is 2.20 bits per heavy atom. The number of fused-ring (bicyclic) bond motifs is 1. The van der Waals surface area contributed by atoms with E-state index < -0.39 is 0 Å². The molecule has 1 N–H and O–H groups in total. The number of nitrogens with one attached hydrogen (secondary N) is 1. The molecule has 1 aromatic carbocycles. The molecule has 20 heavy (non-hydrogen) atoms. The van der Waals surface area contributed by atoms with Gasteiger partial charge in [0.15, 0.2) is 10.4 Å². The maximum Gasteiger partial charge on any atom is 0.184 e. The monoisotopic (exact) mass is 305 g/mol. The van der Waals surface area contributed by atoms with E-state index in [2.05, 4.69) is 9.97 Å². The molecule has 0 amide bonds. The van der Waals surface area contributed by atoms with Crippen LogP contribution in [0.4, 0.5) is 0 Å².